The van der Waals surface area contributed by atoms with Crippen molar-refractivity contribution in [1.29, 1.82) is 0 Å². The molecule has 7 nitrogen and oxygen atoms in total. The van der Waals surface area contributed by atoms with Crippen molar-refractivity contribution >= 4 is 5.91 Å². The van der Waals surface area contributed by atoms with Gasteiger partial charge in [-0.15, -0.1) is 0 Å². The van der Waals surface area contributed by atoms with Crippen LogP contribution in [0.1, 0.15) is 68.6 Å². The number of amides is 1. The van der Waals surface area contributed by atoms with E-state index in [-0.39, 0.29) is 17.4 Å². The Morgan fingerprint density at radius 1 is 1.02 bits per heavy atom. The first-order valence-electron chi connectivity index (χ1n) is 15.4. The molecule has 0 atom stereocenters. The molecule has 0 bridgehead atoms. The normalized spacial score (nSPS) is 21.2. The van der Waals surface area contributed by atoms with Crippen LogP contribution in [0.5, 0.6) is 5.75 Å². The molecule has 0 radical (unpaired) electrons. The molecule has 1 aliphatic heterocycles. The number of carbonyl (C=O) groups is 1. The van der Waals surface area contributed by atoms with Crippen LogP contribution in [-0.4, -0.2) is 87.3 Å². The number of benzene rings is 2. The van der Waals surface area contributed by atoms with Gasteiger partial charge < -0.3 is 29.1 Å². The molecule has 1 N–H and O–H groups in total. The van der Waals surface area contributed by atoms with Gasteiger partial charge in [0.2, 0.25) is 5.91 Å². The summed E-state index contributed by atoms with van der Waals surface area (Å²) in [5.74, 6) is 1.17. The highest BCUT2D eigenvalue weighted by atomic mass is 16.7. The van der Waals surface area contributed by atoms with Crippen molar-refractivity contribution in [3.63, 3.8) is 0 Å². The lowest BCUT2D eigenvalue weighted by Gasteiger charge is -2.42. The van der Waals surface area contributed by atoms with Crippen LogP contribution in [0.25, 0.3) is 0 Å². The molecule has 1 saturated carbocycles. The third kappa shape index (κ3) is 8.10. The first-order valence-corrected chi connectivity index (χ1v) is 15.4. The average molecular weight is 567 g/mol. The fourth-order valence-electron chi connectivity index (χ4n) is 6.60. The zero-order valence-electron chi connectivity index (χ0n) is 25.5. The monoisotopic (exact) mass is 566 g/mol. The fraction of sp³-hybridized carbons (Fsp3) is 0.618. The van der Waals surface area contributed by atoms with E-state index in [1.165, 1.54) is 5.56 Å². The van der Waals surface area contributed by atoms with E-state index < -0.39 is 6.29 Å². The van der Waals surface area contributed by atoms with Gasteiger partial charge in [-0.3, -0.25) is 4.79 Å². The number of nitrogens with zero attached hydrogens (tertiary/aromatic N) is 2. The van der Waals surface area contributed by atoms with Crippen molar-refractivity contribution in [3.8, 4) is 5.75 Å². The van der Waals surface area contributed by atoms with Gasteiger partial charge in [-0.2, -0.15) is 0 Å². The molecular formula is C34H50N2O5. The number of methoxy groups -OCH3 is 2. The number of phenolic OH excluding ortho intramolecular Hbond substituents is 1. The van der Waals surface area contributed by atoms with Crippen LogP contribution < -0.4 is 0 Å². The second kappa shape index (κ2) is 15.1. The SMILES string of the molecule is COC(CN(C(=O)CCOCCc1ccc(O)c(C2(c3ccccc3)CCN(C)CC2)c1)C1CCC(C)CC1)OC. The molecule has 1 saturated heterocycles. The number of rotatable bonds is 13. The van der Waals surface area contributed by atoms with Crippen LogP contribution in [-0.2, 0) is 30.8 Å². The molecule has 0 aromatic heterocycles. The molecule has 2 aromatic rings. The second-order valence-electron chi connectivity index (χ2n) is 12.1. The van der Waals surface area contributed by atoms with Crippen LogP contribution in [0.4, 0.5) is 0 Å². The lowest BCUT2D eigenvalue weighted by atomic mass is 9.67. The van der Waals surface area contributed by atoms with Crippen LogP contribution >= 0.6 is 0 Å². The molecule has 4 rings (SSSR count). The van der Waals surface area contributed by atoms with Crippen LogP contribution in [0, 0.1) is 5.92 Å². The van der Waals surface area contributed by atoms with E-state index in [0.29, 0.717) is 31.9 Å². The van der Waals surface area contributed by atoms with E-state index in [1.807, 2.05) is 23.1 Å². The lowest BCUT2D eigenvalue weighted by molar-refractivity contribution is -0.151. The Kier molecular flexibility index (Phi) is 11.6. The third-order valence-corrected chi connectivity index (χ3v) is 9.36. The van der Waals surface area contributed by atoms with Gasteiger partial charge in [-0.1, -0.05) is 49.4 Å². The average Bonchev–Trinajstić information content (AvgIpc) is 3.00. The second-order valence-corrected chi connectivity index (χ2v) is 12.1. The number of hydrogen-bond donors (Lipinski definition) is 1. The summed E-state index contributed by atoms with van der Waals surface area (Å²) < 4.78 is 16.8. The molecular weight excluding hydrogens is 516 g/mol. The molecule has 2 aromatic carbocycles. The van der Waals surface area contributed by atoms with Crippen molar-refractivity contribution in [2.24, 2.45) is 5.92 Å². The minimum absolute atomic E-state index is 0.0997. The zero-order valence-corrected chi connectivity index (χ0v) is 25.5. The predicted molar refractivity (Wildman–Crippen MR) is 162 cm³/mol. The molecule has 2 fully saturated rings. The predicted octanol–water partition coefficient (Wildman–Crippen LogP) is 5.38. The molecule has 41 heavy (non-hydrogen) atoms. The molecule has 2 aliphatic rings. The van der Waals surface area contributed by atoms with E-state index in [9.17, 15) is 9.90 Å². The van der Waals surface area contributed by atoms with Crippen molar-refractivity contribution in [3.05, 3.63) is 65.2 Å². The van der Waals surface area contributed by atoms with Gasteiger partial charge in [-0.25, -0.2) is 0 Å². The number of carbonyl (C=O) groups excluding carboxylic acids is 1. The lowest BCUT2D eigenvalue weighted by Crippen LogP contribution is -2.47. The number of aromatic hydroxyl groups is 1. The molecule has 1 amide bonds. The Morgan fingerprint density at radius 2 is 1.71 bits per heavy atom. The van der Waals surface area contributed by atoms with Crippen molar-refractivity contribution in [2.75, 3.05) is 54.1 Å². The Morgan fingerprint density at radius 3 is 2.37 bits per heavy atom. The van der Waals surface area contributed by atoms with Gasteiger partial charge in [0.25, 0.3) is 0 Å². The maximum absolute atomic E-state index is 13.3. The number of ether oxygens (including phenoxy) is 3. The summed E-state index contributed by atoms with van der Waals surface area (Å²) in [6.07, 6.45) is 6.92. The Hall–Kier alpha value is -2.45. The van der Waals surface area contributed by atoms with Crippen LogP contribution in [0.3, 0.4) is 0 Å². The minimum Gasteiger partial charge on any atom is -0.508 e. The fourth-order valence-corrected chi connectivity index (χ4v) is 6.60. The van der Waals surface area contributed by atoms with Gasteiger partial charge in [-0.05, 0) is 88.2 Å². The topological polar surface area (TPSA) is 71.5 Å². The summed E-state index contributed by atoms with van der Waals surface area (Å²) in [6.45, 7) is 5.62. The Balaban J connectivity index is 1.35. The molecule has 7 heteroatoms. The Bertz CT molecular complexity index is 1070. The van der Waals surface area contributed by atoms with E-state index in [4.69, 9.17) is 14.2 Å². The molecule has 0 spiro atoms. The molecule has 1 aliphatic carbocycles. The number of hydrogen-bond acceptors (Lipinski definition) is 6. The van der Waals surface area contributed by atoms with Gasteiger partial charge in [0, 0.05) is 31.2 Å². The highest BCUT2D eigenvalue weighted by molar-refractivity contribution is 5.76. The largest absolute Gasteiger partial charge is 0.508 e. The highest BCUT2D eigenvalue weighted by Gasteiger charge is 2.39. The maximum Gasteiger partial charge on any atom is 0.225 e. The van der Waals surface area contributed by atoms with Gasteiger partial charge in [0.1, 0.15) is 5.75 Å². The first kappa shape index (κ1) is 31.5. The first-order chi connectivity index (χ1) is 19.9. The van der Waals surface area contributed by atoms with Crippen LogP contribution in [0.2, 0.25) is 0 Å². The van der Waals surface area contributed by atoms with E-state index in [1.54, 1.807) is 14.2 Å². The highest BCUT2D eigenvalue weighted by Crippen LogP contribution is 2.45. The minimum atomic E-state index is -0.424. The van der Waals surface area contributed by atoms with Crippen LogP contribution in [0.15, 0.2) is 48.5 Å². The summed E-state index contributed by atoms with van der Waals surface area (Å²) in [5, 5.41) is 11.0. The molecule has 1 heterocycles. The number of likely N-dealkylation sites (tertiary alicyclic amines) is 1. The standard InChI is InChI=1S/C34H50N2O5/c1-26-10-13-29(14-11-26)36(25-33(39-3)40-4)32(38)17-23-41-22-16-27-12-15-31(37)30(24-27)34(18-20-35(2)21-19-34)28-8-6-5-7-9-28/h5-9,12,15,24,26,29,33,37H,10-11,13-14,16-23,25H2,1-4H3. The molecule has 0 unspecified atom stereocenters. The van der Waals surface area contributed by atoms with Crippen molar-refractivity contribution in [1.82, 2.24) is 9.80 Å². The molecule has 226 valence electrons. The number of piperidine rings is 1. The smallest absolute Gasteiger partial charge is 0.225 e. The zero-order chi connectivity index (χ0) is 29.2. The quantitative estimate of drug-likeness (QED) is 0.259. The third-order valence-electron chi connectivity index (χ3n) is 9.36. The van der Waals surface area contributed by atoms with Gasteiger partial charge >= 0.3 is 0 Å². The summed E-state index contributed by atoms with van der Waals surface area (Å²) in [7, 11) is 5.40. The van der Waals surface area contributed by atoms with E-state index >= 15 is 0 Å². The summed E-state index contributed by atoms with van der Waals surface area (Å²) in [4.78, 5) is 17.6. The van der Waals surface area contributed by atoms with E-state index in [0.717, 1.165) is 75.1 Å². The summed E-state index contributed by atoms with van der Waals surface area (Å²) in [6, 6.07) is 16.8. The maximum atomic E-state index is 13.3. The van der Waals surface area contributed by atoms with Crippen molar-refractivity contribution in [2.45, 2.75) is 76.0 Å². The van der Waals surface area contributed by atoms with E-state index in [2.05, 4.69) is 49.2 Å². The van der Waals surface area contributed by atoms with Gasteiger partial charge in [0.15, 0.2) is 6.29 Å². The van der Waals surface area contributed by atoms with Crippen molar-refractivity contribution < 1.29 is 24.1 Å². The number of phenols is 1. The summed E-state index contributed by atoms with van der Waals surface area (Å²) in [5.41, 5.74) is 3.20. The Labute approximate surface area is 246 Å². The summed E-state index contributed by atoms with van der Waals surface area (Å²) >= 11 is 0. The van der Waals surface area contributed by atoms with Gasteiger partial charge in [0.05, 0.1) is 26.2 Å².